The first kappa shape index (κ1) is 13.6. The third-order valence-corrected chi connectivity index (χ3v) is 4.08. The van der Waals surface area contributed by atoms with Gasteiger partial charge in [0.1, 0.15) is 11.9 Å². The number of rotatable bonds is 2. The van der Waals surface area contributed by atoms with Gasteiger partial charge in [-0.05, 0) is 23.1 Å². The Kier molecular flexibility index (Phi) is 3.12. The summed E-state index contributed by atoms with van der Waals surface area (Å²) in [6, 6.07) is 19.3. The quantitative estimate of drug-likeness (QED) is 0.747. The van der Waals surface area contributed by atoms with Gasteiger partial charge in [0.2, 0.25) is 0 Å². The third-order valence-electron chi connectivity index (χ3n) is 4.08. The van der Waals surface area contributed by atoms with Crippen LogP contribution in [0.3, 0.4) is 0 Å². The summed E-state index contributed by atoms with van der Waals surface area (Å²) >= 11 is 0. The van der Waals surface area contributed by atoms with Crippen LogP contribution in [0.15, 0.2) is 66.7 Å². The first-order valence-corrected chi connectivity index (χ1v) is 7.43. The van der Waals surface area contributed by atoms with Crippen molar-refractivity contribution in [2.24, 2.45) is 0 Å². The summed E-state index contributed by atoms with van der Waals surface area (Å²) in [6.45, 7) is 0. The molecule has 0 bridgehead atoms. The van der Waals surface area contributed by atoms with E-state index in [-0.39, 0.29) is 11.7 Å². The number of hydrogen-bond donors (Lipinski definition) is 1. The van der Waals surface area contributed by atoms with Crippen LogP contribution in [0.25, 0.3) is 16.8 Å². The van der Waals surface area contributed by atoms with Gasteiger partial charge in [0.05, 0.1) is 5.56 Å². The fourth-order valence-electron chi connectivity index (χ4n) is 2.97. The predicted molar refractivity (Wildman–Crippen MR) is 89.8 cm³/mol. The maximum atomic E-state index is 11.6. The highest BCUT2D eigenvalue weighted by molar-refractivity contribution is 6.03. The number of carboxylic acids is 1. The largest absolute Gasteiger partial charge is 0.480 e. The molecular weight excluding hydrogens is 288 g/mol. The maximum Gasteiger partial charge on any atom is 0.336 e. The second-order valence-electron chi connectivity index (χ2n) is 5.50. The van der Waals surface area contributed by atoms with E-state index in [2.05, 4.69) is 0 Å². The number of ether oxygens (including phenoxy) is 1. The summed E-state index contributed by atoms with van der Waals surface area (Å²) in [5, 5.41) is 11.3. The van der Waals surface area contributed by atoms with Gasteiger partial charge in [-0.15, -0.1) is 0 Å². The van der Waals surface area contributed by atoms with Gasteiger partial charge in [0.15, 0.2) is 0 Å². The normalized spacial score (nSPS) is 15.9. The minimum Gasteiger partial charge on any atom is -0.480 e. The number of carbonyl (C=O) groups is 1. The average Bonchev–Trinajstić information content (AvgIpc) is 2.61. The lowest BCUT2D eigenvalue weighted by Gasteiger charge is -2.24. The third kappa shape index (κ3) is 2.27. The van der Waals surface area contributed by atoms with Crippen LogP contribution in [0.1, 0.15) is 27.6 Å². The van der Waals surface area contributed by atoms with Crippen LogP contribution >= 0.6 is 0 Å². The molecule has 3 aromatic rings. The second-order valence-corrected chi connectivity index (χ2v) is 5.50. The summed E-state index contributed by atoms with van der Waals surface area (Å²) < 4.78 is 6.17. The molecule has 0 amide bonds. The Labute approximate surface area is 133 Å². The Morgan fingerprint density at radius 2 is 1.74 bits per heavy atom. The molecular formula is C20H14O3. The van der Waals surface area contributed by atoms with Crippen molar-refractivity contribution in [3.05, 3.63) is 83.4 Å². The molecule has 3 aromatic carbocycles. The van der Waals surface area contributed by atoms with Crippen LogP contribution in [0, 0.1) is 0 Å². The second kappa shape index (κ2) is 5.29. The Hall–Kier alpha value is -3.07. The molecule has 1 aliphatic heterocycles. The number of hydrogen-bond acceptors (Lipinski definition) is 2. The van der Waals surface area contributed by atoms with E-state index in [4.69, 9.17) is 4.74 Å². The molecule has 1 aliphatic rings. The molecule has 0 radical (unpaired) electrons. The van der Waals surface area contributed by atoms with Crippen LogP contribution in [0.2, 0.25) is 0 Å². The molecule has 1 heterocycles. The van der Waals surface area contributed by atoms with E-state index < -0.39 is 5.97 Å². The molecule has 0 spiro atoms. The van der Waals surface area contributed by atoms with Gasteiger partial charge in [-0.25, -0.2) is 4.79 Å². The maximum absolute atomic E-state index is 11.6. The molecule has 4 rings (SSSR count). The molecule has 1 atom stereocenters. The molecule has 1 unspecified atom stereocenters. The Morgan fingerprint density at radius 3 is 2.52 bits per heavy atom. The standard InChI is InChI=1S/C20H14O3/c21-20(22)17-12-14-8-4-5-9-15(14)19-16(17)10-11-18(23-19)13-6-2-1-3-7-13/h1-12,18H,(H,21,22). The van der Waals surface area contributed by atoms with Crippen molar-refractivity contribution in [3.8, 4) is 5.75 Å². The monoisotopic (exact) mass is 302 g/mol. The summed E-state index contributed by atoms with van der Waals surface area (Å²) in [6.07, 6.45) is 3.54. The zero-order chi connectivity index (χ0) is 15.8. The first-order valence-electron chi connectivity index (χ1n) is 7.43. The minimum absolute atomic E-state index is 0.212. The van der Waals surface area contributed by atoms with Crippen molar-refractivity contribution in [1.82, 2.24) is 0 Å². The summed E-state index contributed by atoms with van der Waals surface area (Å²) in [4.78, 5) is 11.6. The fourth-order valence-corrected chi connectivity index (χ4v) is 2.97. The van der Waals surface area contributed by atoms with Gasteiger partial charge in [0, 0.05) is 10.9 Å². The van der Waals surface area contributed by atoms with Crippen molar-refractivity contribution in [2.75, 3.05) is 0 Å². The molecule has 3 heteroatoms. The molecule has 0 aliphatic carbocycles. The molecule has 23 heavy (non-hydrogen) atoms. The van der Waals surface area contributed by atoms with Gasteiger partial charge >= 0.3 is 5.97 Å². The summed E-state index contributed by atoms with van der Waals surface area (Å²) in [5.41, 5.74) is 1.93. The molecule has 0 saturated carbocycles. The van der Waals surface area contributed by atoms with E-state index in [0.717, 1.165) is 16.3 Å². The molecule has 0 saturated heterocycles. The van der Waals surface area contributed by atoms with Crippen molar-refractivity contribution in [1.29, 1.82) is 0 Å². The topological polar surface area (TPSA) is 46.5 Å². The van der Waals surface area contributed by atoms with Crippen LogP contribution in [0.4, 0.5) is 0 Å². The van der Waals surface area contributed by atoms with Crippen molar-refractivity contribution >= 4 is 22.8 Å². The molecule has 1 N–H and O–H groups in total. The lowest BCUT2D eigenvalue weighted by Crippen LogP contribution is -2.12. The molecule has 112 valence electrons. The number of aromatic carboxylic acids is 1. The van der Waals surface area contributed by atoms with Crippen LogP contribution < -0.4 is 4.74 Å². The van der Waals surface area contributed by atoms with Gasteiger partial charge in [-0.1, -0.05) is 60.7 Å². The van der Waals surface area contributed by atoms with Gasteiger partial charge < -0.3 is 9.84 Å². The highest BCUT2D eigenvalue weighted by Gasteiger charge is 2.23. The lowest BCUT2D eigenvalue weighted by molar-refractivity contribution is 0.0696. The molecule has 0 aromatic heterocycles. The zero-order valence-electron chi connectivity index (χ0n) is 12.3. The van der Waals surface area contributed by atoms with Gasteiger partial charge in [0.25, 0.3) is 0 Å². The van der Waals surface area contributed by atoms with E-state index in [1.165, 1.54) is 0 Å². The van der Waals surface area contributed by atoms with E-state index >= 15 is 0 Å². The van der Waals surface area contributed by atoms with Crippen LogP contribution in [-0.2, 0) is 0 Å². The molecule has 0 fully saturated rings. The first-order chi connectivity index (χ1) is 11.2. The molecule has 3 nitrogen and oxygen atoms in total. The van der Waals surface area contributed by atoms with Crippen molar-refractivity contribution < 1.29 is 14.6 Å². The van der Waals surface area contributed by atoms with E-state index in [1.807, 2.05) is 66.7 Å². The highest BCUT2D eigenvalue weighted by atomic mass is 16.5. The van der Waals surface area contributed by atoms with Gasteiger partial charge in [-0.2, -0.15) is 0 Å². The predicted octanol–water partition coefficient (Wildman–Crippen LogP) is 4.68. The van der Waals surface area contributed by atoms with Gasteiger partial charge in [-0.3, -0.25) is 0 Å². The van der Waals surface area contributed by atoms with E-state index in [0.29, 0.717) is 11.3 Å². The average molecular weight is 302 g/mol. The van der Waals surface area contributed by atoms with Crippen LogP contribution in [0.5, 0.6) is 5.75 Å². The smallest absolute Gasteiger partial charge is 0.336 e. The Balaban J connectivity index is 1.92. The van der Waals surface area contributed by atoms with E-state index in [9.17, 15) is 9.90 Å². The van der Waals surface area contributed by atoms with Crippen LogP contribution in [-0.4, -0.2) is 11.1 Å². The highest BCUT2D eigenvalue weighted by Crippen LogP contribution is 2.40. The lowest BCUT2D eigenvalue weighted by atomic mass is 9.95. The van der Waals surface area contributed by atoms with Crippen molar-refractivity contribution in [2.45, 2.75) is 6.10 Å². The number of benzene rings is 3. The summed E-state index contributed by atoms with van der Waals surface area (Å²) in [5.74, 6) is -0.310. The number of fused-ring (bicyclic) bond motifs is 3. The Morgan fingerprint density at radius 1 is 1.00 bits per heavy atom. The zero-order valence-corrected chi connectivity index (χ0v) is 12.3. The summed E-state index contributed by atoms with van der Waals surface area (Å²) in [7, 11) is 0. The van der Waals surface area contributed by atoms with Crippen molar-refractivity contribution in [3.63, 3.8) is 0 Å². The fraction of sp³-hybridized carbons (Fsp3) is 0.0500. The van der Waals surface area contributed by atoms with E-state index in [1.54, 1.807) is 6.07 Å². The number of carboxylic acid groups (broad SMARTS) is 1. The minimum atomic E-state index is -0.946. The SMILES string of the molecule is O=C(O)c1cc2ccccc2c2c1C=CC(c1ccccc1)O2. The Bertz CT molecular complexity index is 926.